The minimum atomic E-state index is -0.822. The van der Waals surface area contributed by atoms with Crippen LogP contribution in [0.5, 0.6) is 0 Å². The second-order valence-electron chi connectivity index (χ2n) is 5.44. The summed E-state index contributed by atoms with van der Waals surface area (Å²) < 4.78 is 0. The van der Waals surface area contributed by atoms with Gasteiger partial charge in [-0.2, -0.15) is 0 Å². The van der Waals surface area contributed by atoms with Crippen molar-refractivity contribution in [1.29, 1.82) is 0 Å². The summed E-state index contributed by atoms with van der Waals surface area (Å²) in [6.07, 6.45) is 0.0958. The third-order valence-electron chi connectivity index (χ3n) is 4.16. The molecule has 18 heavy (non-hydrogen) atoms. The van der Waals surface area contributed by atoms with Crippen molar-refractivity contribution in [2.75, 3.05) is 25.0 Å². The molecule has 2 unspecified atom stereocenters. The minimum Gasteiger partial charge on any atom is -0.465 e. The zero-order valence-electron chi connectivity index (χ0n) is 10.8. The van der Waals surface area contributed by atoms with Crippen LogP contribution >= 0.6 is 0 Å². The molecule has 2 aliphatic rings. The van der Waals surface area contributed by atoms with Crippen molar-refractivity contribution in [3.05, 3.63) is 29.3 Å². The summed E-state index contributed by atoms with van der Waals surface area (Å²) in [5, 5.41) is 9.45. The van der Waals surface area contributed by atoms with Gasteiger partial charge in [0.05, 0.1) is 5.69 Å². The number of hydrogen-bond acceptors (Lipinski definition) is 2. The van der Waals surface area contributed by atoms with E-state index in [0.29, 0.717) is 5.92 Å². The SMILES string of the molecule is Cc1ccc2c(c1)C1CN(C)CCC1N2C(=O)O. The highest BCUT2D eigenvalue weighted by molar-refractivity contribution is 5.90. The topological polar surface area (TPSA) is 43.8 Å². The van der Waals surface area contributed by atoms with Crippen LogP contribution in [0.3, 0.4) is 0 Å². The van der Waals surface area contributed by atoms with Gasteiger partial charge in [-0.05, 0) is 38.6 Å². The molecule has 0 bridgehead atoms. The lowest BCUT2D eigenvalue weighted by molar-refractivity contribution is 0.188. The van der Waals surface area contributed by atoms with Crippen LogP contribution in [0.4, 0.5) is 10.5 Å². The first-order chi connectivity index (χ1) is 8.58. The van der Waals surface area contributed by atoms with Crippen molar-refractivity contribution in [2.24, 2.45) is 0 Å². The predicted molar refractivity (Wildman–Crippen MR) is 70.3 cm³/mol. The van der Waals surface area contributed by atoms with Crippen molar-refractivity contribution in [1.82, 2.24) is 4.90 Å². The van der Waals surface area contributed by atoms with Gasteiger partial charge in [0.1, 0.15) is 0 Å². The Balaban J connectivity index is 2.09. The molecule has 1 aromatic rings. The van der Waals surface area contributed by atoms with Crippen LogP contribution in [0.15, 0.2) is 18.2 Å². The molecule has 1 fully saturated rings. The number of aryl methyl sites for hydroxylation is 1. The number of hydrogen-bond donors (Lipinski definition) is 1. The van der Waals surface area contributed by atoms with Crippen LogP contribution < -0.4 is 4.90 Å². The average Bonchev–Trinajstić information content (AvgIpc) is 2.62. The molecule has 3 rings (SSSR count). The van der Waals surface area contributed by atoms with E-state index in [-0.39, 0.29) is 6.04 Å². The number of fused-ring (bicyclic) bond motifs is 3. The number of piperidine rings is 1. The zero-order valence-corrected chi connectivity index (χ0v) is 10.8. The van der Waals surface area contributed by atoms with Crippen LogP contribution in [0.2, 0.25) is 0 Å². The third kappa shape index (κ3) is 1.60. The Morgan fingerprint density at radius 1 is 1.44 bits per heavy atom. The molecule has 0 spiro atoms. The van der Waals surface area contributed by atoms with Crippen molar-refractivity contribution in [3.8, 4) is 0 Å². The number of rotatable bonds is 0. The Bertz CT molecular complexity index is 501. The van der Waals surface area contributed by atoms with E-state index in [1.54, 1.807) is 4.90 Å². The molecular weight excluding hydrogens is 228 g/mol. The first-order valence-electron chi connectivity index (χ1n) is 6.39. The van der Waals surface area contributed by atoms with Gasteiger partial charge in [0.2, 0.25) is 0 Å². The predicted octanol–water partition coefficient (Wildman–Crippen LogP) is 2.28. The molecule has 1 N–H and O–H groups in total. The Kier molecular flexibility index (Phi) is 2.55. The molecule has 1 saturated heterocycles. The second kappa shape index (κ2) is 3.99. The number of carbonyl (C=O) groups is 1. The summed E-state index contributed by atoms with van der Waals surface area (Å²) >= 11 is 0. The van der Waals surface area contributed by atoms with Gasteiger partial charge in [0.25, 0.3) is 0 Å². The van der Waals surface area contributed by atoms with Gasteiger partial charge in [0.15, 0.2) is 0 Å². The molecule has 0 saturated carbocycles. The van der Waals surface area contributed by atoms with Crippen LogP contribution in [0.25, 0.3) is 0 Å². The molecule has 1 amide bonds. The molecule has 4 heteroatoms. The smallest absolute Gasteiger partial charge is 0.412 e. The normalized spacial score (nSPS) is 26.9. The average molecular weight is 246 g/mol. The zero-order chi connectivity index (χ0) is 12.9. The van der Waals surface area contributed by atoms with Crippen LogP contribution in [0.1, 0.15) is 23.5 Å². The monoisotopic (exact) mass is 246 g/mol. The standard InChI is InChI=1S/C14H18N2O2/c1-9-3-4-12-10(7-9)11-8-15(2)6-5-13(11)16(12)14(17)18/h3-4,7,11,13H,5-6,8H2,1-2H3,(H,17,18). The van der Waals surface area contributed by atoms with E-state index in [2.05, 4.69) is 24.9 Å². The first kappa shape index (κ1) is 11.5. The van der Waals surface area contributed by atoms with Crippen molar-refractivity contribution >= 4 is 11.8 Å². The van der Waals surface area contributed by atoms with Crippen LogP contribution in [0, 0.1) is 6.92 Å². The number of carboxylic acid groups (broad SMARTS) is 1. The third-order valence-corrected chi connectivity index (χ3v) is 4.16. The molecule has 2 atom stereocenters. The van der Waals surface area contributed by atoms with Crippen LogP contribution in [-0.2, 0) is 0 Å². The molecule has 0 radical (unpaired) electrons. The van der Waals surface area contributed by atoms with E-state index in [1.807, 2.05) is 12.1 Å². The van der Waals surface area contributed by atoms with Crippen molar-refractivity contribution in [2.45, 2.75) is 25.3 Å². The Morgan fingerprint density at radius 2 is 2.22 bits per heavy atom. The number of benzene rings is 1. The largest absolute Gasteiger partial charge is 0.465 e. The van der Waals surface area contributed by atoms with Gasteiger partial charge in [0, 0.05) is 18.5 Å². The maximum atomic E-state index is 11.5. The van der Waals surface area contributed by atoms with E-state index < -0.39 is 6.09 Å². The Hall–Kier alpha value is -1.55. The Morgan fingerprint density at radius 3 is 2.94 bits per heavy atom. The minimum absolute atomic E-state index is 0.121. The number of amides is 1. The Labute approximate surface area is 107 Å². The fourth-order valence-electron chi connectivity index (χ4n) is 3.33. The van der Waals surface area contributed by atoms with Crippen LogP contribution in [-0.4, -0.2) is 42.3 Å². The molecule has 1 aromatic carbocycles. The van der Waals surface area contributed by atoms with Gasteiger partial charge < -0.3 is 10.0 Å². The van der Waals surface area contributed by atoms with Gasteiger partial charge in [-0.3, -0.25) is 4.90 Å². The highest BCUT2D eigenvalue weighted by Crippen LogP contribution is 2.44. The number of likely N-dealkylation sites (tertiary alicyclic amines) is 1. The maximum Gasteiger partial charge on any atom is 0.412 e. The summed E-state index contributed by atoms with van der Waals surface area (Å²) in [4.78, 5) is 15.4. The summed E-state index contributed by atoms with van der Waals surface area (Å²) in [5.74, 6) is 0.328. The molecular formula is C14H18N2O2. The number of nitrogens with zero attached hydrogens (tertiary/aromatic N) is 2. The summed E-state index contributed by atoms with van der Waals surface area (Å²) in [5.41, 5.74) is 3.29. The van der Waals surface area contributed by atoms with E-state index in [4.69, 9.17) is 0 Å². The van der Waals surface area contributed by atoms with E-state index in [1.165, 1.54) is 11.1 Å². The summed E-state index contributed by atoms with van der Waals surface area (Å²) in [6.45, 7) is 3.98. The van der Waals surface area contributed by atoms with Gasteiger partial charge >= 0.3 is 6.09 Å². The highest BCUT2D eigenvalue weighted by Gasteiger charge is 2.43. The second-order valence-corrected chi connectivity index (χ2v) is 5.44. The molecule has 0 aromatic heterocycles. The van der Waals surface area contributed by atoms with E-state index >= 15 is 0 Å². The lowest BCUT2D eigenvalue weighted by atomic mass is 9.89. The highest BCUT2D eigenvalue weighted by atomic mass is 16.4. The van der Waals surface area contributed by atoms with E-state index in [9.17, 15) is 9.90 Å². The summed E-state index contributed by atoms with van der Waals surface area (Å²) in [7, 11) is 2.11. The number of likely N-dealkylation sites (N-methyl/N-ethyl adjacent to an activating group) is 1. The van der Waals surface area contributed by atoms with E-state index in [0.717, 1.165) is 25.2 Å². The van der Waals surface area contributed by atoms with Crippen molar-refractivity contribution in [3.63, 3.8) is 0 Å². The quantitative estimate of drug-likeness (QED) is 0.763. The molecule has 0 aliphatic carbocycles. The van der Waals surface area contributed by atoms with Crippen molar-refractivity contribution < 1.29 is 9.90 Å². The number of anilines is 1. The van der Waals surface area contributed by atoms with Gasteiger partial charge in [-0.25, -0.2) is 4.79 Å². The fraction of sp³-hybridized carbons (Fsp3) is 0.500. The maximum absolute atomic E-state index is 11.5. The first-order valence-corrected chi connectivity index (χ1v) is 6.39. The van der Waals surface area contributed by atoms with Gasteiger partial charge in [-0.15, -0.1) is 0 Å². The summed E-state index contributed by atoms with van der Waals surface area (Å²) in [6, 6.07) is 6.22. The molecule has 4 nitrogen and oxygen atoms in total. The lowest BCUT2D eigenvalue weighted by Crippen LogP contribution is -2.46. The fourth-order valence-corrected chi connectivity index (χ4v) is 3.33. The lowest BCUT2D eigenvalue weighted by Gasteiger charge is -2.35. The molecule has 2 heterocycles. The van der Waals surface area contributed by atoms with Gasteiger partial charge in [-0.1, -0.05) is 17.7 Å². The molecule has 96 valence electrons. The molecule has 2 aliphatic heterocycles.